The molecule has 3 heterocycles. The van der Waals surface area contributed by atoms with Crippen LogP contribution >= 0.6 is 0 Å². The lowest BCUT2D eigenvalue weighted by Crippen LogP contribution is -2.40. The van der Waals surface area contributed by atoms with Crippen LogP contribution in [-0.4, -0.2) is 43.8 Å². The first-order chi connectivity index (χ1) is 14.0. The molecule has 1 aromatic carbocycles. The zero-order valence-corrected chi connectivity index (χ0v) is 17.2. The van der Waals surface area contributed by atoms with E-state index < -0.39 is 6.10 Å². The Morgan fingerprint density at radius 1 is 1.17 bits per heavy atom. The van der Waals surface area contributed by atoms with Crippen molar-refractivity contribution in [3.8, 4) is 0 Å². The van der Waals surface area contributed by atoms with Gasteiger partial charge in [0.1, 0.15) is 0 Å². The summed E-state index contributed by atoms with van der Waals surface area (Å²) >= 11 is 0. The number of benzene rings is 1. The third-order valence-electron chi connectivity index (χ3n) is 5.89. The Morgan fingerprint density at radius 2 is 1.86 bits per heavy atom. The highest BCUT2D eigenvalue weighted by Crippen LogP contribution is 2.31. The van der Waals surface area contributed by atoms with Crippen LogP contribution in [0.4, 0.5) is 0 Å². The summed E-state index contributed by atoms with van der Waals surface area (Å²) in [4.78, 5) is 19.7. The monoisotopic (exact) mass is 392 g/mol. The van der Waals surface area contributed by atoms with E-state index in [4.69, 9.17) is 0 Å². The molecule has 0 aliphatic carbocycles. The van der Waals surface area contributed by atoms with Gasteiger partial charge in [0.2, 0.25) is 0 Å². The van der Waals surface area contributed by atoms with Crippen molar-refractivity contribution in [2.45, 2.75) is 45.8 Å². The summed E-state index contributed by atoms with van der Waals surface area (Å²) in [6, 6.07) is 11.9. The van der Waals surface area contributed by atoms with Gasteiger partial charge in [-0.2, -0.15) is 5.10 Å². The molecule has 0 radical (unpaired) electrons. The van der Waals surface area contributed by atoms with Crippen molar-refractivity contribution in [3.63, 3.8) is 0 Å². The first-order valence-electron chi connectivity index (χ1n) is 10.3. The minimum Gasteiger partial charge on any atom is -0.388 e. The number of likely N-dealkylation sites (tertiary alicyclic amines) is 1. The van der Waals surface area contributed by atoms with Crippen LogP contribution in [-0.2, 0) is 0 Å². The average Bonchev–Trinajstić information content (AvgIpc) is 3.16. The van der Waals surface area contributed by atoms with Crippen LogP contribution in [0.1, 0.15) is 60.5 Å². The van der Waals surface area contributed by atoms with E-state index in [9.17, 15) is 9.90 Å². The number of rotatable bonds is 4. The normalized spacial score (nSPS) is 16.5. The molecule has 1 fully saturated rings. The molecule has 6 heteroatoms. The fourth-order valence-corrected chi connectivity index (χ4v) is 4.17. The van der Waals surface area contributed by atoms with Crippen molar-refractivity contribution >= 4 is 16.9 Å². The van der Waals surface area contributed by atoms with Crippen molar-refractivity contribution in [2.24, 2.45) is 5.92 Å². The number of carbonyl (C=O) groups excluding carboxylic acids is 1. The number of hydrogen-bond acceptors (Lipinski definition) is 4. The van der Waals surface area contributed by atoms with Crippen molar-refractivity contribution in [1.29, 1.82) is 0 Å². The van der Waals surface area contributed by atoms with Crippen molar-refractivity contribution < 1.29 is 9.90 Å². The molecule has 152 valence electrons. The lowest BCUT2D eigenvalue weighted by atomic mass is 9.87. The van der Waals surface area contributed by atoms with E-state index >= 15 is 0 Å². The molecule has 3 aromatic rings. The Bertz CT molecular complexity index is 1000. The van der Waals surface area contributed by atoms with E-state index in [1.807, 2.05) is 52.9 Å². The lowest BCUT2D eigenvalue weighted by Gasteiger charge is -2.34. The number of aryl methyl sites for hydroxylation is 1. The molecule has 1 atom stereocenters. The number of amides is 1. The SMILES string of the molecule is Cc1nc2c(cnn2C(C)C)cc1C(=O)N1CCC(C(O)c2ccccc2)CC1. The first-order valence-corrected chi connectivity index (χ1v) is 10.3. The second kappa shape index (κ2) is 7.95. The van der Waals surface area contributed by atoms with Gasteiger partial charge in [0.05, 0.1) is 23.6 Å². The van der Waals surface area contributed by atoms with E-state index in [2.05, 4.69) is 23.9 Å². The molecule has 0 spiro atoms. The summed E-state index contributed by atoms with van der Waals surface area (Å²) in [7, 11) is 0. The van der Waals surface area contributed by atoms with Gasteiger partial charge in [-0.15, -0.1) is 0 Å². The molecule has 29 heavy (non-hydrogen) atoms. The molecular formula is C23H28N4O2. The third-order valence-corrected chi connectivity index (χ3v) is 5.89. The predicted molar refractivity (Wildman–Crippen MR) is 113 cm³/mol. The predicted octanol–water partition coefficient (Wildman–Crippen LogP) is 3.91. The van der Waals surface area contributed by atoms with Crippen LogP contribution in [0, 0.1) is 12.8 Å². The molecule has 1 amide bonds. The summed E-state index contributed by atoms with van der Waals surface area (Å²) in [6.07, 6.45) is 2.89. The number of hydrogen-bond donors (Lipinski definition) is 1. The third kappa shape index (κ3) is 3.77. The summed E-state index contributed by atoms with van der Waals surface area (Å²) < 4.78 is 1.88. The molecule has 0 saturated carbocycles. The Balaban J connectivity index is 1.48. The van der Waals surface area contributed by atoms with E-state index in [1.165, 1.54) is 0 Å². The van der Waals surface area contributed by atoms with Crippen LogP contribution < -0.4 is 0 Å². The van der Waals surface area contributed by atoms with Crippen LogP contribution in [0.15, 0.2) is 42.6 Å². The molecule has 6 nitrogen and oxygen atoms in total. The number of nitrogens with zero attached hydrogens (tertiary/aromatic N) is 4. The van der Waals surface area contributed by atoms with Crippen molar-refractivity contribution in [3.05, 3.63) is 59.4 Å². The molecule has 1 unspecified atom stereocenters. The van der Waals surface area contributed by atoms with E-state index in [0.29, 0.717) is 18.7 Å². The van der Waals surface area contributed by atoms with Gasteiger partial charge in [0.15, 0.2) is 5.65 Å². The number of pyridine rings is 1. The maximum Gasteiger partial charge on any atom is 0.255 e. The standard InChI is InChI=1S/C23H28N4O2/c1-15(2)27-22-19(14-24-27)13-20(16(3)25-22)23(29)26-11-9-18(10-12-26)21(28)17-7-5-4-6-8-17/h4-8,13-15,18,21,28H,9-12H2,1-3H3. The Hall–Kier alpha value is -2.73. The van der Waals surface area contributed by atoms with E-state index in [0.717, 1.165) is 35.1 Å². The highest BCUT2D eigenvalue weighted by atomic mass is 16.3. The molecule has 1 N–H and O–H groups in total. The van der Waals surface area contributed by atoms with Gasteiger partial charge in [0.25, 0.3) is 5.91 Å². The molecule has 2 aromatic heterocycles. The largest absolute Gasteiger partial charge is 0.388 e. The van der Waals surface area contributed by atoms with Crippen LogP contribution in [0.5, 0.6) is 0 Å². The van der Waals surface area contributed by atoms with Gasteiger partial charge >= 0.3 is 0 Å². The summed E-state index contributed by atoms with van der Waals surface area (Å²) in [5.41, 5.74) is 3.14. The van der Waals surface area contributed by atoms with Crippen molar-refractivity contribution in [2.75, 3.05) is 13.1 Å². The smallest absolute Gasteiger partial charge is 0.255 e. The molecule has 1 aliphatic rings. The zero-order chi connectivity index (χ0) is 20.5. The number of aliphatic hydroxyl groups excluding tert-OH is 1. The maximum absolute atomic E-state index is 13.1. The molecule has 1 saturated heterocycles. The molecule has 0 bridgehead atoms. The zero-order valence-electron chi connectivity index (χ0n) is 17.2. The fourth-order valence-electron chi connectivity index (χ4n) is 4.17. The molecule has 1 aliphatic heterocycles. The minimum absolute atomic E-state index is 0.0156. The first kappa shape index (κ1) is 19.6. The Morgan fingerprint density at radius 3 is 2.52 bits per heavy atom. The number of fused-ring (bicyclic) bond motifs is 1. The maximum atomic E-state index is 13.1. The quantitative estimate of drug-likeness (QED) is 0.731. The summed E-state index contributed by atoms with van der Waals surface area (Å²) in [5, 5.41) is 16.0. The lowest BCUT2D eigenvalue weighted by molar-refractivity contribution is 0.0461. The fraction of sp³-hybridized carbons (Fsp3) is 0.435. The number of aromatic nitrogens is 3. The Kier molecular flexibility index (Phi) is 5.37. The number of aliphatic hydroxyl groups is 1. The summed E-state index contributed by atoms with van der Waals surface area (Å²) in [5.74, 6) is 0.189. The van der Waals surface area contributed by atoms with E-state index in [-0.39, 0.29) is 17.9 Å². The topological polar surface area (TPSA) is 71.2 Å². The van der Waals surface area contributed by atoms with Crippen molar-refractivity contribution in [1.82, 2.24) is 19.7 Å². The average molecular weight is 393 g/mol. The number of piperidine rings is 1. The van der Waals surface area contributed by atoms with Gasteiger partial charge < -0.3 is 10.0 Å². The van der Waals surface area contributed by atoms with Gasteiger partial charge in [0, 0.05) is 24.5 Å². The highest BCUT2D eigenvalue weighted by molar-refractivity contribution is 5.98. The van der Waals surface area contributed by atoms with E-state index in [1.54, 1.807) is 6.20 Å². The van der Waals surface area contributed by atoms with Gasteiger partial charge in [-0.3, -0.25) is 4.79 Å². The summed E-state index contributed by atoms with van der Waals surface area (Å²) in [6.45, 7) is 7.32. The second-order valence-corrected chi connectivity index (χ2v) is 8.20. The van der Waals surface area contributed by atoms with Crippen LogP contribution in [0.2, 0.25) is 0 Å². The van der Waals surface area contributed by atoms with Gasteiger partial charge in [-0.25, -0.2) is 9.67 Å². The number of carbonyl (C=O) groups is 1. The van der Waals surface area contributed by atoms with Gasteiger partial charge in [-0.1, -0.05) is 30.3 Å². The second-order valence-electron chi connectivity index (χ2n) is 8.20. The van der Waals surface area contributed by atoms with Gasteiger partial charge in [-0.05, 0) is 51.2 Å². The minimum atomic E-state index is -0.477. The highest BCUT2D eigenvalue weighted by Gasteiger charge is 2.29. The molecular weight excluding hydrogens is 364 g/mol. The molecule has 4 rings (SSSR count). The van der Waals surface area contributed by atoms with Crippen LogP contribution in [0.3, 0.4) is 0 Å². The van der Waals surface area contributed by atoms with Crippen LogP contribution in [0.25, 0.3) is 11.0 Å². The Labute approximate surface area is 171 Å².